The number of hydrogen-bond acceptors (Lipinski definition) is 9. The zero-order chi connectivity index (χ0) is 21.4. The molecule has 2 aromatic rings. The van der Waals surface area contributed by atoms with E-state index in [4.69, 9.17) is 17.1 Å². The molecule has 0 aromatic carbocycles. The number of rotatable bonds is 5. The molecule has 9 nitrogen and oxygen atoms in total. The van der Waals surface area contributed by atoms with Crippen LogP contribution in [0, 0.1) is 6.92 Å². The molecule has 0 amide bonds. The van der Waals surface area contributed by atoms with Crippen molar-refractivity contribution in [2.24, 2.45) is 0 Å². The summed E-state index contributed by atoms with van der Waals surface area (Å²) >= 11 is -1.62. The second kappa shape index (κ2) is 15.1. The van der Waals surface area contributed by atoms with Crippen LogP contribution >= 0.6 is 0 Å². The Morgan fingerprint density at radius 3 is 1.82 bits per heavy atom. The van der Waals surface area contributed by atoms with Gasteiger partial charge in [-0.2, -0.15) is 0 Å². The van der Waals surface area contributed by atoms with Crippen LogP contribution in [0.1, 0.15) is 51.0 Å². The Hall–Kier alpha value is -2.97. The van der Waals surface area contributed by atoms with Gasteiger partial charge in [-0.05, 0) is 45.0 Å². The molecule has 28 heavy (non-hydrogen) atoms. The van der Waals surface area contributed by atoms with Crippen LogP contribution in [0.15, 0.2) is 36.4 Å². The quantitative estimate of drug-likeness (QED) is 0.378. The summed E-state index contributed by atoms with van der Waals surface area (Å²) in [7, 11) is 0. The second-order valence-corrected chi connectivity index (χ2v) is 5.02. The van der Waals surface area contributed by atoms with Gasteiger partial charge in [0.15, 0.2) is 6.29 Å². The van der Waals surface area contributed by atoms with Crippen molar-refractivity contribution in [3.63, 3.8) is 0 Å². The van der Waals surface area contributed by atoms with E-state index in [9.17, 15) is 14.4 Å². The Morgan fingerprint density at radius 2 is 1.39 bits per heavy atom. The topological polar surface area (TPSA) is 130 Å². The summed E-state index contributed by atoms with van der Waals surface area (Å²) in [4.78, 5) is 40.3. The summed E-state index contributed by atoms with van der Waals surface area (Å²) < 4.78 is 26.4. The molecule has 0 spiro atoms. The molecule has 2 rings (SSSR count). The zero-order valence-electron chi connectivity index (χ0n) is 15.6. The van der Waals surface area contributed by atoms with Gasteiger partial charge in [-0.25, -0.2) is 19.6 Å². The number of ether oxygens (including phenoxy) is 2. The molecule has 0 aliphatic carbocycles. The number of aryl methyl sites for hydroxylation is 1. The molecule has 0 atom stereocenters. The van der Waals surface area contributed by atoms with E-state index in [0.29, 0.717) is 25.2 Å². The van der Waals surface area contributed by atoms with Gasteiger partial charge >= 0.3 is 34.4 Å². The molecule has 0 radical (unpaired) electrons. The second-order valence-electron chi connectivity index (χ2n) is 4.74. The molecule has 0 aliphatic rings. The number of carbonyl (C=O) groups is 3. The van der Waals surface area contributed by atoms with Crippen molar-refractivity contribution >= 4 is 33.0 Å². The van der Waals surface area contributed by atoms with Crippen LogP contribution in [0.4, 0.5) is 0 Å². The van der Waals surface area contributed by atoms with E-state index in [0.717, 1.165) is 5.69 Å². The number of pyridine rings is 2. The van der Waals surface area contributed by atoms with Crippen molar-refractivity contribution < 1.29 is 31.5 Å². The monoisotopic (exact) mass is 456 g/mol. The van der Waals surface area contributed by atoms with Gasteiger partial charge in [0.05, 0.1) is 13.2 Å². The fourth-order valence-electron chi connectivity index (χ4n) is 1.70. The molecular weight excluding hydrogens is 435 g/mol. The van der Waals surface area contributed by atoms with Gasteiger partial charge in [0, 0.05) is 5.69 Å². The van der Waals surface area contributed by atoms with Crippen molar-refractivity contribution in [1.82, 2.24) is 9.97 Å². The summed E-state index contributed by atoms with van der Waals surface area (Å²) in [6.07, 6.45) is 0.586. The molecule has 0 N–H and O–H groups in total. The van der Waals surface area contributed by atoms with Gasteiger partial charge in [-0.3, -0.25) is 4.79 Å². The Kier molecular flexibility index (Phi) is 13.5. The van der Waals surface area contributed by atoms with Crippen LogP contribution in [0.25, 0.3) is 0 Å². The van der Waals surface area contributed by atoms with Gasteiger partial charge < -0.3 is 9.47 Å². The molecule has 150 valence electrons. The van der Waals surface area contributed by atoms with Gasteiger partial charge in [-0.15, -0.1) is 0 Å². The summed E-state index contributed by atoms with van der Waals surface area (Å²) in [5, 5.41) is 0. The van der Waals surface area contributed by atoms with E-state index in [-0.39, 0.29) is 17.4 Å². The van der Waals surface area contributed by atoms with Gasteiger partial charge in [-0.1, -0.05) is 12.1 Å². The number of aromatic nitrogens is 2. The van der Waals surface area contributed by atoms with Crippen LogP contribution in [0.5, 0.6) is 0 Å². The average Bonchev–Trinajstić information content (AvgIpc) is 2.69. The average molecular weight is 455 g/mol. The minimum absolute atomic E-state index is 0.159. The fourth-order valence-corrected chi connectivity index (χ4v) is 1.70. The number of nitrogens with zero attached hydrogens (tertiary/aromatic N) is 2. The molecule has 0 saturated heterocycles. The van der Waals surface area contributed by atoms with Crippen LogP contribution in [0.2, 0.25) is 0 Å². The first-order chi connectivity index (χ1) is 13.4. The van der Waals surface area contributed by atoms with Crippen molar-refractivity contribution in [3.8, 4) is 0 Å². The number of aldehydes is 1. The molecule has 2 heterocycles. The predicted molar refractivity (Wildman–Crippen MR) is 97.6 cm³/mol. The van der Waals surface area contributed by atoms with E-state index in [1.807, 2.05) is 13.0 Å². The molecular formula is C18H20N2O7Se. The summed E-state index contributed by atoms with van der Waals surface area (Å²) in [6.45, 7) is 6.00. The maximum atomic E-state index is 11.1. The van der Waals surface area contributed by atoms with Gasteiger partial charge in [0.2, 0.25) is 0 Å². The Morgan fingerprint density at radius 1 is 0.929 bits per heavy atom. The normalized spacial score (nSPS) is 8.82. The number of carbonyl (C=O) groups excluding carboxylic acids is 3. The molecule has 0 fully saturated rings. The van der Waals surface area contributed by atoms with Crippen molar-refractivity contribution in [2.75, 3.05) is 13.2 Å². The summed E-state index contributed by atoms with van der Waals surface area (Å²) in [5.41, 5.74) is 1.58. The maximum absolute atomic E-state index is 11.1. The first-order valence-electron chi connectivity index (χ1n) is 8.05. The molecule has 0 saturated carbocycles. The first-order valence-corrected chi connectivity index (χ1v) is 9.45. The third-order valence-corrected chi connectivity index (χ3v) is 2.75. The van der Waals surface area contributed by atoms with Crippen LogP contribution in [-0.4, -0.2) is 56.2 Å². The fraction of sp³-hybridized carbons (Fsp3) is 0.278. The number of hydrogen-bond donors (Lipinski definition) is 0. The molecule has 0 aliphatic heterocycles. The standard InChI is InChI=1S/C9H9NO3.C9H11NO2.O2Se/c1-2-13-9(12)8-5-3-4-7(6-11)10-8;1-3-12-9(11)8-6-4-5-7(2)10-8;1-3-2/h3-6H,2H2,1H3;4-6H,3H2,1-2H3;. The molecule has 2 aromatic heterocycles. The Balaban J connectivity index is 0.000000458. The Bertz CT molecular complexity index is 821. The van der Waals surface area contributed by atoms with Gasteiger partial charge in [0.25, 0.3) is 0 Å². The summed E-state index contributed by atoms with van der Waals surface area (Å²) in [5.74, 6) is -0.868. The summed E-state index contributed by atoms with van der Waals surface area (Å²) in [6, 6.07) is 9.88. The third kappa shape index (κ3) is 10.2. The number of esters is 2. The van der Waals surface area contributed by atoms with Crippen LogP contribution < -0.4 is 0 Å². The van der Waals surface area contributed by atoms with Crippen LogP contribution in [0.3, 0.4) is 0 Å². The third-order valence-electron chi connectivity index (χ3n) is 2.75. The van der Waals surface area contributed by atoms with E-state index in [2.05, 4.69) is 9.97 Å². The van der Waals surface area contributed by atoms with Gasteiger partial charge in [0.1, 0.15) is 17.1 Å². The van der Waals surface area contributed by atoms with E-state index < -0.39 is 20.8 Å². The zero-order valence-corrected chi connectivity index (χ0v) is 17.3. The molecule has 0 bridgehead atoms. The van der Waals surface area contributed by atoms with Crippen molar-refractivity contribution in [1.29, 1.82) is 0 Å². The van der Waals surface area contributed by atoms with E-state index in [1.165, 1.54) is 12.1 Å². The minimum atomic E-state index is -1.62. The SMILES string of the molecule is CCOC(=O)c1cccc(C)n1.CCOC(=O)c1cccc(C=O)n1.O=[Se]=O. The predicted octanol–water partition coefficient (Wildman–Crippen LogP) is 2.02. The van der Waals surface area contributed by atoms with Crippen molar-refractivity contribution in [3.05, 3.63) is 59.2 Å². The Labute approximate surface area is 168 Å². The van der Waals surface area contributed by atoms with E-state index in [1.54, 1.807) is 32.0 Å². The molecule has 0 unspecified atom stereocenters. The van der Waals surface area contributed by atoms with Crippen molar-refractivity contribution in [2.45, 2.75) is 20.8 Å². The first kappa shape index (κ1) is 25.0. The van der Waals surface area contributed by atoms with Crippen LogP contribution in [-0.2, 0) is 17.1 Å². The van der Waals surface area contributed by atoms with E-state index >= 15 is 0 Å². The molecule has 10 heteroatoms.